The van der Waals surface area contributed by atoms with E-state index in [1.807, 2.05) is 24.1 Å². The fraction of sp³-hybridized carbons (Fsp3) is 0.714. The molecule has 0 radical (unpaired) electrons. The number of anilines is 2. The molecule has 0 amide bonds. The molecule has 118 valence electrons. The van der Waals surface area contributed by atoms with Gasteiger partial charge in [-0.1, -0.05) is 18.7 Å². The highest BCUT2D eigenvalue weighted by Crippen LogP contribution is 2.17. The second-order valence-corrected chi connectivity index (χ2v) is 6.93. The van der Waals surface area contributed by atoms with Gasteiger partial charge in [0.05, 0.1) is 0 Å². The summed E-state index contributed by atoms with van der Waals surface area (Å²) in [5, 5.41) is 7.58. The van der Waals surface area contributed by atoms with Crippen LogP contribution < -0.4 is 10.6 Å². The average Bonchev–Trinajstić information content (AvgIpc) is 2.53. The summed E-state index contributed by atoms with van der Waals surface area (Å²) >= 11 is 3.63. The van der Waals surface area contributed by atoms with Gasteiger partial charge in [-0.15, -0.1) is 0 Å². The van der Waals surface area contributed by atoms with E-state index in [0.717, 1.165) is 42.8 Å². The monoisotopic (exact) mass is 327 g/mol. The SMILES string of the molecule is CCCNc1cc(NCCN2CCSCC2)nc(SC)n1. The molecule has 0 atom stereocenters. The van der Waals surface area contributed by atoms with E-state index in [0.29, 0.717) is 0 Å². The quantitative estimate of drug-likeness (QED) is 0.562. The van der Waals surface area contributed by atoms with Crippen LogP contribution in [0.15, 0.2) is 11.2 Å². The fourth-order valence-corrected chi connectivity index (χ4v) is 3.48. The summed E-state index contributed by atoms with van der Waals surface area (Å²) in [5.74, 6) is 4.34. The van der Waals surface area contributed by atoms with Gasteiger partial charge in [-0.25, -0.2) is 9.97 Å². The molecule has 1 aromatic heterocycles. The van der Waals surface area contributed by atoms with Gasteiger partial charge >= 0.3 is 0 Å². The standard InChI is InChI=1S/C14H25N5S2/c1-3-4-15-12-11-13(18-14(17-12)20-2)16-5-6-19-7-9-21-10-8-19/h11H,3-10H2,1-2H3,(H2,15,16,17,18). The Kier molecular flexibility index (Phi) is 7.46. The molecule has 2 rings (SSSR count). The molecule has 1 aliphatic rings. The third-order valence-electron chi connectivity index (χ3n) is 3.28. The molecule has 5 nitrogen and oxygen atoms in total. The van der Waals surface area contributed by atoms with E-state index < -0.39 is 0 Å². The van der Waals surface area contributed by atoms with Crippen LogP contribution in [0.2, 0.25) is 0 Å². The normalized spacial score (nSPS) is 15.9. The molecule has 1 fully saturated rings. The first-order valence-corrected chi connectivity index (χ1v) is 9.90. The second kappa shape index (κ2) is 9.38. The minimum atomic E-state index is 0.813. The second-order valence-electron chi connectivity index (χ2n) is 4.93. The number of aromatic nitrogens is 2. The molecule has 2 N–H and O–H groups in total. The zero-order chi connectivity index (χ0) is 14.9. The van der Waals surface area contributed by atoms with Gasteiger partial charge in [0.2, 0.25) is 0 Å². The van der Waals surface area contributed by atoms with Gasteiger partial charge in [-0.05, 0) is 12.7 Å². The largest absolute Gasteiger partial charge is 0.370 e. The highest BCUT2D eigenvalue weighted by Gasteiger charge is 2.10. The van der Waals surface area contributed by atoms with Crippen LogP contribution in [0.4, 0.5) is 11.6 Å². The van der Waals surface area contributed by atoms with Crippen molar-refractivity contribution in [1.82, 2.24) is 14.9 Å². The van der Waals surface area contributed by atoms with Crippen LogP contribution in [0.1, 0.15) is 13.3 Å². The average molecular weight is 328 g/mol. The summed E-state index contributed by atoms with van der Waals surface area (Å²) in [6, 6.07) is 2.00. The molecular formula is C14H25N5S2. The summed E-state index contributed by atoms with van der Waals surface area (Å²) in [5.41, 5.74) is 0. The Bertz CT molecular complexity index is 424. The predicted octanol–water partition coefficient (Wildman–Crippen LogP) is 2.48. The lowest BCUT2D eigenvalue weighted by Gasteiger charge is -2.26. The molecule has 0 unspecified atom stereocenters. The van der Waals surface area contributed by atoms with Crippen molar-refractivity contribution in [2.45, 2.75) is 18.5 Å². The molecule has 0 aromatic carbocycles. The van der Waals surface area contributed by atoms with E-state index in [4.69, 9.17) is 0 Å². The topological polar surface area (TPSA) is 53.1 Å². The third-order valence-corrected chi connectivity index (χ3v) is 4.77. The van der Waals surface area contributed by atoms with Crippen molar-refractivity contribution >= 4 is 35.2 Å². The molecule has 0 bridgehead atoms. The zero-order valence-electron chi connectivity index (χ0n) is 12.9. The summed E-state index contributed by atoms with van der Waals surface area (Å²) in [6.45, 7) is 7.51. The minimum Gasteiger partial charge on any atom is -0.370 e. The zero-order valence-corrected chi connectivity index (χ0v) is 14.5. The summed E-state index contributed by atoms with van der Waals surface area (Å²) in [7, 11) is 0. The lowest BCUT2D eigenvalue weighted by atomic mass is 10.4. The van der Waals surface area contributed by atoms with E-state index in [1.54, 1.807) is 11.8 Å². The van der Waals surface area contributed by atoms with E-state index >= 15 is 0 Å². The summed E-state index contributed by atoms with van der Waals surface area (Å²) in [4.78, 5) is 11.5. The van der Waals surface area contributed by atoms with Crippen LogP contribution in [-0.4, -0.2) is 65.4 Å². The van der Waals surface area contributed by atoms with Gasteiger partial charge in [0.15, 0.2) is 5.16 Å². The smallest absolute Gasteiger partial charge is 0.191 e. The van der Waals surface area contributed by atoms with Gasteiger partial charge in [0.25, 0.3) is 0 Å². The van der Waals surface area contributed by atoms with Crippen LogP contribution >= 0.6 is 23.5 Å². The molecular weight excluding hydrogens is 302 g/mol. The lowest BCUT2D eigenvalue weighted by molar-refractivity contribution is 0.314. The summed E-state index contributed by atoms with van der Waals surface area (Å²) in [6.07, 6.45) is 3.10. The van der Waals surface area contributed by atoms with Crippen molar-refractivity contribution in [2.24, 2.45) is 0 Å². The first kappa shape index (κ1) is 16.7. The first-order valence-electron chi connectivity index (χ1n) is 7.52. The number of nitrogens with zero attached hydrogens (tertiary/aromatic N) is 3. The number of rotatable bonds is 8. The lowest BCUT2D eigenvalue weighted by Crippen LogP contribution is -2.36. The molecule has 7 heteroatoms. The Balaban J connectivity index is 1.85. The van der Waals surface area contributed by atoms with Gasteiger partial charge in [-0.2, -0.15) is 11.8 Å². The molecule has 1 saturated heterocycles. The van der Waals surface area contributed by atoms with Crippen molar-refractivity contribution < 1.29 is 0 Å². The molecule has 1 aliphatic heterocycles. The van der Waals surface area contributed by atoms with Crippen molar-refractivity contribution in [3.8, 4) is 0 Å². The summed E-state index contributed by atoms with van der Waals surface area (Å²) < 4.78 is 0. The van der Waals surface area contributed by atoms with Gasteiger partial charge < -0.3 is 10.6 Å². The Morgan fingerprint density at radius 2 is 1.86 bits per heavy atom. The molecule has 1 aromatic rings. The number of hydrogen-bond acceptors (Lipinski definition) is 7. The van der Waals surface area contributed by atoms with Crippen LogP contribution in [-0.2, 0) is 0 Å². The Labute approximate surface area is 136 Å². The van der Waals surface area contributed by atoms with Gasteiger partial charge in [0, 0.05) is 50.3 Å². The van der Waals surface area contributed by atoms with Crippen molar-refractivity contribution in [1.29, 1.82) is 0 Å². The van der Waals surface area contributed by atoms with Crippen LogP contribution in [0.25, 0.3) is 0 Å². The molecule has 0 aliphatic carbocycles. The Hall–Kier alpha value is -0.660. The van der Waals surface area contributed by atoms with E-state index in [1.165, 1.54) is 24.6 Å². The maximum absolute atomic E-state index is 4.52. The molecule has 21 heavy (non-hydrogen) atoms. The number of nitrogens with one attached hydrogen (secondary N) is 2. The molecule has 0 saturated carbocycles. The highest BCUT2D eigenvalue weighted by molar-refractivity contribution is 7.99. The van der Waals surface area contributed by atoms with Crippen LogP contribution in [0, 0.1) is 0 Å². The highest BCUT2D eigenvalue weighted by atomic mass is 32.2. The van der Waals surface area contributed by atoms with Crippen molar-refractivity contribution in [2.75, 3.05) is 61.1 Å². The van der Waals surface area contributed by atoms with Crippen molar-refractivity contribution in [3.05, 3.63) is 6.07 Å². The van der Waals surface area contributed by atoms with Crippen molar-refractivity contribution in [3.63, 3.8) is 0 Å². The maximum atomic E-state index is 4.52. The van der Waals surface area contributed by atoms with Crippen LogP contribution in [0.5, 0.6) is 0 Å². The molecule has 0 spiro atoms. The minimum absolute atomic E-state index is 0.813. The maximum Gasteiger partial charge on any atom is 0.191 e. The number of thioether (sulfide) groups is 2. The fourth-order valence-electron chi connectivity index (χ4n) is 2.12. The third kappa shape index (κ3) is 5.92. The van der Waals surface area contributed by atoms with Gasteiger partial charge in [0.1, 0.15) is 11.6 Å². The van der Waals surface area contributed by atoms with E-state index in [2.05, 4.69) is 32.4 Å². The predicted molar refractivity (Wildman–Crippen MR) is 94.8 cm³/mol. The Morgan fingerprint density at radius 1 is 1.19 bits per heavy atom. The van der Waals surface area contributed by atoms with Gasteiger partial charge in [-0.3, -0.25) is 4.90 Å². The van der Waals surface area contributed by atoms with E-state index in [9.17, 15) is 0 Å². The van der Waals surface area contributed by atoms with Crippen LogP contribution in [0.3, 0.4) is 0 Å². The van der Waals surface area contributed by atoms with E-state index in [-0.39, 0.29) is 0 Å². The number of hydrogen-bond donors (Lipinski definition) is 2. The first-order chi connectivity index (χ1) is 10.3. The molecule has 2 heterocycles. The Morgan fingerprint density at radius 3 is 2.48 bits per heavy atom.